The molecule has 2 rings (SSSR count). The van der Waals surface area contributed by atoms with Crippen LogP contribution in [-0.2, 0) is 6.54 Å². The third kappa shape index (κ3) is 3.79. The molecule has 0 aliphatic rings. The van der Waals surface area contributed by atoms with Crippen LogP contribution in [0.1, 0.15) is 26.5 Å². The molecule has 1 aromatic heterocycles. The number of rotatable bonds is 4. The number of hydrogen-bond donors (Lipinski definition) is 1. The van der Waals surface area contributed by atoms with Gasteiger partial charge in [-0.05, 0) is 32.9 Å². The van der Waals surface area contributed by atoms with Crippen LogP contribution in [0.4, 0.5) is 0 Å². The fraction of sp³-hybridized carbons (Fsp3) is 0.429. The molecule has 1 N–H and O–H groups in total. The van der Waals surface area contributed by atoms with Crippen molar-refractivity contribution in [2.75, 3.05) is 7.11 Å². The van der Waals surface area contributed by atoms with Crippen molar-refractivity contribution in [3.8, 4) is 11.4 Å². The molecule has 2 aromatic rings. The highest BCUT2D eigenvalue weighted by Gasteiger charge is 2.10. The van der Waals surface area contributed by atoms with Gasteiger partial charge in [-0.1, -0.05) is 11.3 Å². The number of nitrogens with one attached hydrogen (secondary N) is 1. The molecule has 0 saturated carbocycles. The summed E-state index contributed by atoms with van der Waals surface area (Å²) in [4.78, 5) is 0. The van der Waals surface area contributed by atoms with Gasteiger partial charge >= 0.3 is 0 Å². The molecule has 0 spiro atoms. The molecule has 1 aromatic carbocycles. The van der Waals surface area contributed by atoms with Crippen molar-refractivity contribution in [3.05, 3.63) is 36.2 Å². The first-order valence-corrected chi connectivity index (χ1v) is 6.28. The van der Waals surface area contributed by atoms with E-state index < -0.39 is 0 Å². The molecule has 0 amide bonds. The Labute approximate surface area is 113 Å². The first-order chi connectivity index (χ1) is 8.98. The molecule has 1 heterocycles. The molecule has 5 nitrogen and oxygen atoms in total. The third-order valence-corrected chi connectivity index (χ3v) is 2.66. The fourth-order valence-electron chi connectivity index (χ4n) is 1.61. The van der Waals surface area contributed by atoms with Gasteiger partial charge in [0.05, 0.1) is 24.7 Å². The summed E-state index contributed by atoms with van der Waals surface area (Å²) in [6.07, 6.45) is 1.92. The Morgan fingerprint density at radius 2 is 2.11 bits per heavy atom. The topological polar surface area (TPSA) is 52.0 Å². The van der Waals surface area contributed by atoms with Crippen LogP contribution in [0.3, 0.4) is 0 Å². The second-order valence-electron chi connectivity index (χ2n) is 5.46. The van der Waals surface area contributed by atoms with Gasteiger partial charge in [0.2, 0.25) is 0 Å². The van der Waals surface area contributed by atoms with Crippen LogP contribution in [-0.4, -0.2) is 27.6 Å². The summed E-state index contributed by atoms with van der Waals surface area (Å²) in [6, 6.07) is 7.74. The first kappa shape index (κ1) is 13.5. The average Bonchev–Trinajstić information content (AvgIpc) is 2.84. The zero-order valence-corrected chi connectivity index (χ0v) is 11.8. The average molecular weight is 260 g/mol. The van der Waals surface area contributed by atoms with Crippen molar-refractivity contribution in [1.29, 1.82) is 0 Å². The quantitative estimate of drug-likeness (QED) is 0.915. The molecule has 0 unspecified atom stereocenters. The van der Waals surface area contributed by atoms with Crippen LogP contribution >= 0.6 is 0 Å². The number of hydrogen-bond acceptors (Lipinski definition) is 4. The van der Waals surface area contributed by atoms with Gasteiger partial charge in [-0.3, -0.25) is 0 Å². The minimum Gasteiger partial charge on any atom is -0.497 e. The lowest BCUT2D eigenvalue weighted by Gasteiger charge is -2.19. The smallest absolute Gasteiger partial charge is 0.121 e. The first-order valence-electron chi connectivity index (χ1n) is 6.28. The lowest BCUT2D eigenvalue weighted by molar-refractivity contribution is 0.414. The Kier molecular flexibility index (Phi) is 3.85. The van der Waals surface area contributed by atoms with Crippen LogP contribution < -0.4 is 10.1 Å². The monoisotopic (exact) mass is 260 g/mol. The van der Waals surface area contributed by atoms with Crippen molar-refractivity contribution in [2.45, 2.75) is 32.9 Å². The van der Waals surface area contributed by atoms with Gasteiger partial charge in [-0.25, -0.2) is 4.68 Å². The summed E-state index contributed by atoms with van der Waals surface area (Å²) in [7, 11) is 1.65. The Morgan fingerprint density at radius 3 is 2.79 bits per heavy atom. The van der Waals surface area contributed by atoms with Gasteiger partial charge in [-0.2, -0.15) is 0 Å². The van der Waals surface area contributed by atoms with Gasteiger partial charge in [0.15, 0.2) is 0 Å². The molecule has 0 radical (unpaired) electrons. The van der Waals surface area contributed by atoms with Crippen molar-refractivity contribution in [1.82, 2.24) is 20.3 Å². The minimum absolute atomic E-state index is 0.0692. The predicted molar refractivity (Wildman–Crippen MR) is 74.5 cm³/mol. The maximum Gasteiger partial charge on any atom is 0.121 e. The SMILES string of the molecule is COc1cccc(-n2cc(CNC(C)(C)C)nn2)c1. The largest absolute Gasteiger partial charge is 0.497 e. The lowest BCUT2D eigenvalue weighted by Crippen LogP contribution is -2.35. The molecule has 0 aliphatic heterocycles. The molecular formula is C14H20N4O. The standard InChI is InChI=1S/C14H20N4O/c1-14(2,3)15-9-11-10-18(17-16-11)12-6-5-7-13(8-12)19-4/h5-8,10,15H,9H2,1-4H3. The van der Waals surface area contributed by atoms with Crippen molar-refractivity contribution >= 4 is 0 Å². The van der Waals surface area contributed by atoms with Crippen molar-refractivity contribution < 1.29 is 4.74 Å². The Morgan fingerprint density at radius 1 is 1.32 bits per heavy atom. The molecule has 102 valence electrons. The second-order valence-corrected chi connectivity index (χ2v) is 5.46. The van der Waals surface area contributed by atoms with E-state index in [-0.39, 0.29) is 5.54 Å². The van der Waals surface area contributed by atoms with E-state index in [1.165, 1.54) is 0 Å². The maximum atomic E-state index is 5.20. The van der Waals surface area contributed by atoms with E-state index in [2.05, 4.69) is 36.4 Å². The van der Waals surface area contributed by atoms with Gasteiger partial charge < -0.3 is 10.1 Å². The van der Waals surface area contributed by atoms with Gasteiger partial charge in [-0.15, -0.1) is 5.10 Å². The van der Waals surface area contributed by atoms with E-state index in [1.54, 1.807) is 11.8 Å². The van der Waals surface area contributed by atoms with Crippen LogP contribution in [0.2, 0.25) is 0 Å². The van der Waals surface area contributed by atoms with Crippen LogP contribution in [0.5, 0.6) is 5.75 Å². The Balaban J connectivity index is 2.12. The van der Waals surface area contributed by atoms with E-state index in [4.69, 9.17) is 4.74 Å². The predicted octanol–water partition coefficient (Wildman–Crippen LogP) is 2.16. The van der Waals surface area contributed by atoms with Crippen molar-refractivity contribution in [2.24, 2.45) is 0 Å². The normalized spacial score (nSPS) is 11.6. The van der Waals surface area contributed by atoms with E-state index >= 15 is 0 Å². The summed E-state index contributed by atoms with van der Waals surface area (Å²) in [5.41, 5.74) is 1.92. The van der Waals surface area contributed by atoms with Crippen LogP contribution in [0.15, 0.2) is 30.5 Å². The number of methoxy groups -OCH3 is 1. The molecule has 0 saturated heterocycles. The van der Waals surface area contributed by atoms with Gasteiger partial charge in [0.25, 0.3) is 0 Å². The molecule has 5 heteroatoms. The van der Waals surface area contributed by atoms with E-state index in [9.17, 15) is 0 Å². The minimum atomic E-state index is 0.0692. The summed E-state index contributed by atoms with van der Waals surface area (Å²) in [5.74, 6) is 0.808. The Hall–Kier alpha value is -1.88. The van der Waals surface area contributed by atoms with Crippen LogP contribution in [0.25, 0.3) is 5.69 Å². The fourth-order valence-corrected chi connectivity index (χ4v) is 1.61. The summed E-state index contributed by atoms with van der Waals surface area (Å²) in [5, 5.41) is 11.7. The zero-order chi connectivity index (χ0) is 13.9. The third-order valence-electron chi connectivity index (χ3n) is 2.66. The maximum absolute atomic E-state index is 5.20. The Bertz CT molecular complexity index is 542. The number of benzene rings is 1. The molecular weight excluding hydrogens is 240 g/mol. The van der Waals surface area contributed by atoms with Crippen molar-refractivity contribution in [3.63, 3.8) is 0 Å². The molecule has 0 atom stereocenters. The number of ether oxygens (including phenoxy) is 1. The van der Waals surface area contributed by atoms with E-state index in [0.29, 0.717) is 6.54 Å². The lowest BCUT2D eigenvalue weighted by atomic mass is 10.1. The molecule has 0 fully saturated rings. The molecule has 0 bridgehead atoms. The summed E-state index contributed by atoms with van der Waals surface area (Å²) in [6.45, 7) is 7.08. The molecule has 0 aliphatic carbocycles. The highest BCUT2D eigenvalue weighted by atomic mass is 16.5. The van der Waals surface area contributed by atoms with Gasteiger partial charge in [0, 0.05) is 18.2 Å². The van der Waals surface area contributed by atoms with E-state index in [0.717, 1.165) is 17.1 Å². The highest BCUT2D eigenvalue weighted by molar-refractivity contribution is 5.38. The van der Waals surface area contributed by atoms with Crippen LogP contribution in [0, 0.1) is 0 Å². The highest BCUT2D eigenvalue weighted by Crippen LogP contribution is 2.15. The molecule has 19 heavy (non-hydrogen) atoms. The van der Waals surface area contributed by atoms with Gasteiger partial charge in [0.1, 0.15) is 5.75 Å². The number of aromatic nitrogens is 3. The summed E-state index contributed by atoms with van der Waals surface area (Å²) < 4.78 is 6.95. The zero-order valence-electron chi connectivity index (χ0n) is 11.8. The number of nitrogens with zero attached hydrogens (tertiary/aromatic N) is 3. The van der Waals surface area contributed by atoms with E-state index in [1.807, 2.05) is 30.5 Å². The summed E-state index contributed by atoms with van der Waals surface area (Å²) >= 11 is 0. The second kappa shape index (κ2) is 5.40.